The number of para-hydroxylation sites is 1. The van der Waals surface area contributed by atoms with Crippen molar-refractivity contribution in [2.45, 2.75) is 44.2 Å². The fourth-order valence-corrected chi connectivity index (χ4v) is 6.43. The highest BCUT2D eigenvalue weighted by Gasteiger charge is 2.47. The number of amides is 1. The van der Waals surface area contributed by atoms with Gasteiger partial charge in [-0.05, 0) is 51.5 Å². The molecule has 3 heterocycles. The number of hydrogen-bond donors (Lipinski definition) is 0. The first-order valence-corrected chi connectivity index (χ1v) is 12.3. The minimum Gasteiger partial charge on any atom is -0.593 e. The van der Waals surface area contributed by atoms with Crippen LogP contribution in [0, 0.1) is 13.8 Å². The van der Waals surface area contributed by atoms with Crippen molar-refractivity contribution in [2.75, 3.05) is 13.1 Å². The Hall–Kier alpha value is -2.81. The number of fused-ring (bicyclic) bond motifs is 1. The van der Waals surface area contributed by atoms with Gasteiger partial charge >= 0.3 is 0 Å². The quantitative estimate of drug-likeness (QED) is 0.568. The molecule has 1 amide bonds. The molecular formula is C24H26N4O3S. The third-order valence-corrected chi connectivity index (χ3v) is 8.44. The largest absolute Gasteiger partial charge is 0.593 e. The molecule has 3 aromatic rings. The lowest BCUT2D eigenvalue weighted by molar-refractivity contribution is 0.0646. The summed E-state index contributed by atoms with van der Waals surface area (Å²) in [5.74, 6) is -0.0865. The first-order chi connectivity index (χ1) is 15.3. The van der Waals surface area contributed by atoms with E-state index in [0.717, 1.165) is 22.5 Å². The van der Waals surface area contributed by atoms with Gasteiger partial charge in [-0.2, -0.15) is 5.10 Å². The summed E-state index contributed by atoms with van der Waals surface area (Å²) in [4.78, 5) is 15.7. The maximum atomic E-state index is 13.6. The van der Waals surface area contributed by atoms with Gasteiger partial charge in [0.1, 0.15) is 5.69 Å². The molecule has 7 nitrogen and oxygen atoms in total. The lowest BCUT2D eigenvalue weighted by atomic mass is 10.1. The van der Waals surface area contributed by atoms with Crippen molar-refractivity contribution >= 4 is 16.3 Å². The summed E-state index contributed by atoms with van der Waals surface area (Å²) >= 11 is 0. The van der Waals surface area contributed by atoms with Crippen molar-refractivity contribution in [1.82, 2.24) is 19.0 Å². The summed E-state index contributed by atoms with van der Waals surface area (Å²) < 4.78 is 29.5. The molecule has 2 aromatic carbocycles. The summed E-state index contributed by atoms with van der Waals surface area (Å²) in [6.07, 6.45) is 0.614. The van der Waals surface area contributed by atoms with Crippen LogP contribution in [0.4, 0.5) is 0 Å². The van der Waals surface area contributed by atoms with E-state index in [4.69, 9.17) is 0 Å². The second-order valence-corrected chi connectivity index (χ2v) is 10.5. The lowest BCUT2D eigenvalue weighted by Gasteiger charge is -2.30. The van der Waals surface area contributed by atoms with Crippen LogP contribution in [-0.4, -0.2) is 48.6 Å². The molecule has 0 saturated carbocycles. The molecule has 2 aliphatic heterocycles. The van der Waals surface area contributed by atoms with Gasteiger partial charge < -0.3 is 9.45 Å². The fraction of sp³-hybridized carbons (Fsp3) is 0.333. The van der Waals surface area contributed by atoms with Crippen LogP contribution in [0.5, 0.6) is 0 Å². The SMILES string of the molecule is Cc1ccc([S+](=O)([O-])N2CCC(N3C(=O)c4c(c(C)nn4-c4ccccc4)C3C)C2)cc1. The Bertz CT molecular complexity index is 1220. The molecule has 5 rings (SSSR count). The Morgan fingerprint density at radius 2 is 1.75 bits per heavy atom. The Kier molecular flexibility index (Phi) is 5.03. The fourth-order valence-electron chi connectivity index (χ4n) is 4.94. The van der Waals surface area contributed by atoms with Gasteiger partial charge in [0, 0.05) is 12.1 Å². The molecular weight excluding hydrogens is 424 g/mol. The highest BCUT2D eigenvalue weighted by atomic mass is 32.3. The summed E-state index contributed by atoms with van der Waals surface area (Å²) in [7, 11) is -3.59. The highest BCUT2D eigenvalue weighted by Crippen LogP contribution is 2.40. The molecule has 1 saturated heterocycles. The number of hydrogen-bond acceptors (Lipinski definition) is 4. The molecule has 3 unspecified atom stereocenters. The number of benzene rings is 2. The number of aromatic nitrogens is 2. The summed E-state index contributed by atoms with van der Waals surface area (Å²) in [6, 6.07) is 16.2. The first-order valence-electron chi connectivity index (χ1n) is 10.8. The van der Waals surface area contributed by atoms with Gasteiger partial charge in [0.25, 0.3) is 5.91 Å². The van der Waals surface area contributed by atoms with Crippen LogP contribution in [0.3, 0.4) is 0 Å². The summed E-state index contributed by atoms with van der Waals surface area (Å²) in [6.45, 7) is 6.56. The third-order valence-electron chi connectivity index (χ3n) is 6.56. The molecule has 3 atom stereocenters. The minimum atomic E-state index is -3.59. The smallest absolute Gasteiger partial charge is 0.273 e. The van der Waals surface area contributed by atoms with Gasteiger partial charge in [-0.25, -0.2) is 4.68 Å². The number of carbonyl (C=O) groups is 1. The average molecular weight is 451 g/mol. The molecule has 8 heteroatoms. The Labute approximate surface area is 189 Å². The Morgan fingerprint density at radius 1 is 1.06 bits per heavy atom. The molecule has 0 spiro atoms. The maximum absolute atomic E-state index is 13.6. The second-order valence-electron chi connectivity index (χ2n) is 8.60. The van der Waals surface area contributed by atoms with Crippen LogP contribution in [0.15, 0.2) is 59.5 Å². The molecule has 1 aromatic heterocycles. The van der Waals surface area contributed by atoms with Gasteiger partial charge in [0.15, 0.2) is 15.3 Å². The van der Waals surface area contributed by atoms with Crippen LogP contribution in [0.25, 0.3) is 5.69 Å². The average Bonchev–Trinajstić information content (AvgIpc) is 3.46. The summed E-state index contributed by atoms with van der Waals surface area (Å²) in [5, 5.41) is 4.63. The van der Waals surface area contributed by atoms with E-state index in [1.807, 2.05) is 56.0 Å². The number of aryl methyl sites for hydroxylation is 2. The van der Waals surface area contributed by atoms with Crippen LogP contribution in [-0.2, 0) is 14.6 Å². The molecule has 0 aliphatic carbocycles. The monoisotopic (exact) mass is 450 g/mol. The maximum Gasteiger partial charge on any atom is 0.273 e. The third kappa shape index (κ3) is 3.21. The number of rotatable bonds is 4. The van der Waals surface area contributed by atoms with Crippen LogP contribution >= 0.6 is 0 Å². The molecule has 0 radical (unpaired) electrons. The zero-order valence-electron chi connectivity index (χ0n) is 18.4. The number of sulfonamides is 1. The van der Waals surface area contributed by atoms with Gasteiger partial charge in [-0.3, -0.25) is 4.79 Å². The van der Waals surface area contributed by atoms with Crippen molar-refractivity contribution in [3.63, 3.8) is 0 Å². The van der Waals surface area contributed by atoms with Crippen molar-refractivity contribution < 1.29 is 13.6 Å². The molecule has 0 bridgehead atoms. The second kappa shape index (κ2) is 7.65. The minimum absolute atomic E-state index is 0.0865. The highest BCUT2D eigenvalue weighted by molar-refractivity contribution is 7.95. The lowest BCUT2D eigenvalue weighted by Crippen LogP contribution is -2.42. The first kappa shape index (κ1) is 21.1. The number of nitrogens with zero attached hydrogens (tertiary/aromatic N) is 4. The van der Waals surface area contributed by atoms with Crippen molar-refractivity contribution in [3.05, 3.63) is 77.1 Å². The predicted octanol–water partition coefficient (Wildman–Crippen LogP) is 3.68. The molecule has 0 N–H and O–H groups in total. The summed E-state index contributed by atoms with van der Waals surface area (Å²) in [5.41, 5.74) is 4.20. The Morgan fingerprint density at radius 3 is 2.44 bits per heavy atom. The van der Waals surface area contributed by atoms with Gasteiger partial charge in [0.2, 0.25) is 0 Å². The van der Waals surface area contributed by atoms with Crippen molar-refractivity contribution in [2.24, 2.45) is 0 Å². The van der Waals surface area contributed by atoms with Gasteiger partial charge in [-0.1, -0.05) is 40.1 Å². The van der Waals surface area contributed by atoms with E-state index in [2.05, 4.69) is 5.10 Å². The van der Waals surface area contributed by atoms with Crippen LogP contribution < -0.4 is 0 Å². The zero-order chi connectivity index (χ0) is 22.6. The van der Waals surface area contributed by atoms with Gasteiger partial charge in [0.05, 0.1) is 30.0 Å². The topological polar surface area (TPSA) is 81.5 Å². The van der Waals surface area contributed by atoms with E-state index < -0.39 is 10.4 Å². The van der Waals surface area contributed by atoms with E-state index in [1.165, 1.54) is 4.31 Å². The van der Waals surface area contributed by atoms with Gasteiger partial charge in [-0.15, -0.1) is 4.31 Å². The predicted molar refractivity (Wildman–Crippen MR) is 121 cm³/mol. The molecule has 2 aliphatic rings. The molecule has 166 valence electrons. The van der Waals surface area contributed by atoms with E-state index in [9.17, 15) is 13.6 Å². The standard InChI is InChI=1S/C24H26N4O3S/c1-16-9-11-21(12-10-16)32(30,31)26-14-13-20(15-26)27-18(3)22-17(2)25-28(23(22)24(27)29)19-7-5-4-6-8-19/h4-12,18,20H,13-15H2,1-3H3. The van der Waals surface area contributed by atoms with Crippen molar-refractivity contribution in [1.29, 1.82) is 0 Å². The number of carbonyl (C=O) groups excluding carboxylic acids is 1. The van der Waals surface area contributed by atoms with E-state index in [0.29, 0.717) is 30.1 Å². The molecule has 32 heavy (non-hydrogen) atoms. The van der Waals surface area contributed by atoms with E-state index in [1.54, 1.807) is 28.9 Å². The zero-order valence-corrected chi connectivity index (χ0v) is 19.2. The Balaban J connectivity index is 1.42. The van der Waals surface area contributed by atoms with Crippen molar-refractivity contribution in [3.8, 4) is 5.69 Å². The van der Waals surface area contributed by atoms with Crippen LogP contribution in [0.2, 0.25) is 0 Å². The molecule has 1 fully saturated rings. The normalized spacial score (nSPS) is 22.9. The van der Waals surface area contributed by atoms with E-state index in [-0.39, 0.29) is 18.0 Å². The van der Waals surface area contributed by atoms with E-state index >= 15 is 0 Å². The van der Waals surface area contributed by atoms with Crippen LogP contribution in [0.1, 0.15) is 46.7 Å².